The van der Waals surface area contributed by atoms with Crippen LogP contribution in [-0.2, 0) is 5.41 Å². The van der Waals surface area contributed by atoms with E-state index in [0.717, 1.165) is 31.2 Å². The van der Waals surface area contributed by atoms with Gasteiger partial charge in [-0.15, -0.1) is 0 Å². The number of aromatic amines is 1. The van der Waals surface area contributed by atoms with Crippen molar-refractivity contribution < 1.29 is 9.18 Å². The number of aromatic nitrogens is 2. The van der Waals surface area contributed by atoms with Crippen molar-refractivity contribution in [1.29, 1.82) is 0 Å². The Hall–Kier alpha value is -2.73. The Labute approximate surface area is 172 Å². The van der Waals surface area contributed by atoms with E-state index in [1.807, 2.05) is 24.3 Å². The highest BCUT2D eigenvalue weighted by molar-refractivity contribution is 6.30. The Morgan fingerprint density at radius 1 is 1.14 bits per heavy atom. The number of rotatable bonds is 4. The molecule has 5 nitrogen and oxygen atoms in total. The first-order valence-electron chi connectivity index (χ1n) is 9.71. The van der Waals surface area contributed by atoms with Gasteiger partial charge in [-0.1, -0.05) is 49.1 Å². The van der Waals surface area contributed by atoms with Crippen LogP contribution in [0.25, 0.3) is 10.9 Å². The second kappa shape index (κ2) is 7.95. The van der Waals surface area contributed by atoms with Crippen molar-refractivity contribution in [2.45, 2.75) is 37.5 Å². The monoisotopic (exact) mass is 413 g/mol. The number of hydrogen-bond donors (Lipinski definition) is 2. The van der Waals surface area contributed by atoms with Gasteiger partial charge in [0.1, 0.15) is 11.3 Å². The van der Waals surface area contributed by atoms with Gasteiger partial charge in [-0.2, -0.15) is 5.10 Å². The smallest absolute Gasteiger partial charge is 0.275 e. The molecule has 4 rings (SSSR count). The van der Waals surface area contributed by atoms with Crippen molar-refractivity contribution in [2.75, 3.05) is 6.54 Å². The SMILES string of the molecule is O=C(NCC1(c2ccc(Cl)cc2)CCCCC1)c1n[nH]c2c(F)cccc2c1=O. The predicted octanol–water partition coefficient (Wildman–Crippen LogP) is 4.35. The summed E-state index contributed by atoms with van der Waals surface area (Å²) in [4.78, 5) is 25.4. The molecule has 7 heteroatoms. The number of nitrogens with one attached hydrogen (secondary N) is 2. The molecule has 0 bridgehead atoms. The fourth-order valence-electron chi connectivity index (χ4n) is 4.20. The Morgan fingerprint density at radius 3 is 2.59 bits per heavy atom. The molecule has 0 atom stereocenters. The van der Waals surface area contributed by atoms with Gasteiger partial charge in [-0.3, -0.25) is 14.7 Å². The fourth-order valence-corrected chi connectivity index (χ4v) is 4.33. The predicted molar refractivity (Wildman–Crippen MR) is 111 cm³/mol. The molecule has 1 aliphatic carbocycles. The van der Waals surface area contributed by atoms with Gasteiger partial charge in [-0.05, 0) is 42.7 Å². The highest BCUT2D eigenvalue weighted by Crippen LogP contribution is 2.39. The summed E-state index contributed by atoms with van der Waals surface area (Å²) in [7, 11) is 0. The van der Waals surface area contributed by atoms with Gasteiger partial charge in [0.25, 0.3) is 5.91 Å². The molecule has 1 heterocycles. The number of benzene rings is 2. The summed E-state index contributed by atoms with van der Waals surface area (Å²) >= 11 is 6.04. The molecule has 1 aromatic heterocycles. The molecule has 150 valence electrons. The second-order valence-corrected chi connectivity index (χ2v) is 8.03. The van der Waals surface area contributed by atoms with Crippen molar-refractivity contribution in [1.82, 2.24) is 15.5 Å². The molecule has 0 saturated heterocycles. The number of carbonyl (C=O) groups excluding carboxylic acids is 1. The molecule has 1 aliphatic rings. The van der Waals surface area contributed by atoms with Crippen LogP contribution in [0.1, 0.15) is 48.2 Å². The van der Waals surface area contributed by atoms with Crippen LogP contribution in [0.5, 0.6) is 0 Å². The third-order valence-electron chi connectivity index (χ3n) is 5.82. The van der Waals surface area contributed by atoms with Crippen LogP contribution in [0.2, 0.25) is 5.02 Å². The van der Waals surface area contributed by atoms with Gasteiger partial charge in [0.2, 0.25) is 5.43 Å². The summed E-state index contributed by atoms with van der Waals surface area (Å²) in [6.07, 6.45) is 5.21. The summed E-state index contributed by atoms with van der Waals surface area (Å²) in [5.74, 6) is -1.14. The zero-order valence-electron chi connectivity index (χ0n) is 15.8. The van der Waals surface area contributed by atoms with Crippen molar-refractivity contribution in [3.8, 4) is 0 Å². The highest BCUT2D eigenvalue weighted by atomic mass is 35.5. The first-order chi connectivity index (χ1) is 14.0. The molecule has 0 spiro atoms. The molecule has 29 heavy (non-hydrogen) atoms. The summed E-state index contributed by atoms with van der Waals surface area (Å²) < 4.78 is 13.8. The molecule has 1 fully saturated rings. The molecule has 2 N–H and O–H groups in total. The lowest BCUT2D eigenvalue weighted by Gasteiger charge is -2.38. The van der Waals surface area contributed by atoms with Crippen molar-refractivity contribution in [3.63, 3.8) is 0 Å². The summed E-state index contributed by atoms with van der Waals surface area (Å²) in [5.41, 5.74) is 0.0854. The number of nitrogens with zero attached hydrogens (tertiary/aromatic N) is 1. The standard InChI is InChI=1S/C22H21ClFN3O2/c23-15-9-7-14(8-10-15)22(11-2-1-3-12-22)13-25-21(29)19-20(28)16-5-4-6-17(24)18(16)26-27-19/h4-10H,1-3,11-13H2,(H,25,29)(H,26,28). The molecular weight excluding hydrogens is 393 g/mol. The van der Waals surface area contributed by atoms with Crippen LogP contribution in [0.15, 0.2) is 47.3 Å². The van der Waals surface area contributed by atoms with E-state index < -0.39 is 17.2 Å². The molecule has 0 radical (unpaired) electrons. The van der Waals surface area contributed by atoms with Gasteiger partial charge >= 0.3 is 0 Å². The number of carbonyl (C=O) groups is 1. The largest absolute Gasteiger partial charge is 0.350 e. The van der Waals surface area contributed by atoms with Gasteiger partial charge in [0.15, 0.2) is 5.69 Å². The van der Waals surface area contributed by atoms with Crippen LogP contribution in [0.4, 0.5) is 4.39 Å². The van der Waals surface area contributed by atoms with E-state index in [9.17, 15) is 14.0 Å². The number of fused-ring (bicyclic) bond motifs is 1. The van der Waals surface area contributed by atoms with Crippen molar-refractivity contribution in [3.05, 3.63) is 74.8 Å². The van der Waals surface area contributed by atoms with E-state index in [2.05, 4.69) is 15.5 Å². The van der Waals surface area contributed by atoms with E-state index in [0.29, 0.717) is 11.6 Å². The maximum Gasteiger partial charge on any atom is 0.275 e. The Morgan fingerprint density at radius 2 is 1.86 bits per heavy atom. The average Bonchev–Trinajstić information content (AvgIpc) is 2.74. The van der Waals surface area contributed by atoms with Crippen LogP contribution in [0.3, 0.4) is 0 Å². The minimum atomic E-state index is -0.583. The lowest BCUT2D eigenvalue weighted by Crippen LogP contribution is -2.43. The number of para-hydroxylation sites is 1. The molecular formula is C22H21ClFN3O2. The number of hydrogen-bond acceptors (Lipinski definition) is 3. The highest BCUT2D eigenvalue weighted by Gasteiger charge is 2.34. The van der Waals surface area contributed by atoms with Gasteiger partial charge < -0.3 is 5.32 Å². The Balaban J connectivity index is 1.60. The zero-order valence-corrected chi connectivity index (χ0v) is 16.6. The third kappa shape index (κ3) is 3.77. The van der Waals surface area contributed by atoms with Crippen LogP contribution < -0.4 is 10.7 Å². The molecule has 1 amide bonds. The van der Waals surface area contributed by atoms with Gasteiger partial charge in [0.05, 0.1) is 5.39 Å². The third-order valence-corrected chi connectivity index (χ3v) is 6.07. The van der Waals surface area contributed by atoms with E-state index in [1.54, 1.807) is 0 Å². The average molecular weight is 414 g/mol. The maximum absolute atomic E-state index is 13.8. The molecule has 0 unspecified atom stereocenters. The van der Waals surface area contributed by atoms with Crippen LogP contribution in [0, 0.1) is 5.82 Å². The number of amides is 1. The van der Waals surface area contributed by atoms with E-state index in [-0.39, 0.29) is 22.0 Å². The summed E-state index contributed by atoms with van der Waals surface area (Å²) in [6, 6.07) is 11.9. The molecule has 1 saturated carbocycles. The summed E-state index contributed by atoms with van der Waals surface area (Å²) in [6.45, 7) is 0.399. The van der Waals surface area contributed by atoms with Crippen LogP contribution >= 0.6 is 11.6 Å². The van der Waals surface area contributed by atoms with E-state index >= 15 is 0 Å². The van der Waals surface area contributed by atoms with Crippen molar-refractivity contribution >= 4 is 28.4 Å². The van der Waals surface area contributed by atoms with Gasteiger partial charge in [-0.25, -0.2) is 4.39 Å². The first-order valence-corrected chi connectivity index (χ1v) is 10.1. The normalized spacial score (nSPS) is 15.9. The Kier molecular flexibility index (Phi) is 5.37. The molecule has 2 aromatic carbocycles. The van der Waals surface area contributed by atoms with E-state index in [1.165, 1.54) is 24.6 Å². The quantitative estimate of drug-likeness (QED) is 0.667. The lowest BCUT2D eigenvalue weighted by atomic mass is 9.69. The lowest BCUT2D eigenvalue weighted by molar-refractivity contribution is 0.0929. The summed E-state index contributed by atoms with van der Waals surface area (Å²) in [5, 5.41) is 10.00. The molecule has 0 aliphatic heterocycles. The van der Waals surface area contributed by atoms with Gasteiger partial charge in [0, 0.05) is 17.0 Å². The minimum absolute atomic E-state index is 0.000958. The second-order valence-electron chi connectivity index (χ2n) is 7.59. The van der Waals surface area contributed by atoms with Crippen molar-refractivity contribution in [2.24, 2.45) is 0 Å². The fraction of sp³-hybridized carbons (Fsp3) is 0.318. The van der Waals surface area contributed by atoms with E-state index in [4.69, 9.17) is 11.6 Å². The first kappa shape index (κ1) is 19.6. The number of halogens is 2. The topological polar surface area (TPSA) is 74.8 Å². The zero-order chi connectivity index (χ0) is 20.4. The number of H-pyrrole nitrogens is 1. The van der Waals surface area contributed by atoms with Crippen LogP contribution in [-0.4, -0.2) is 22.6 Å². The molecule has 3 aromatic rings. The minimum Gasteiger partial charge on any atom is -0.350 e. The Bertz CT molecular complexity index is 1110. The maximum atomic E-state index is 13.8.